The van der Waals surface area contributed by atoms with E-state index in [1.807, 2.05) is 13.2 Å². The van der Waals surface area contributed by atoms with Crippen molar-refractivity contribution in [1.82, 2.24) is 5.32 Å². The first kappa shape index (κ1) is 12.0. The van der Waals surface area contributed by atoms with Gasteiger partial charge in [-0.25, -0.2) is 0 Å². The van der Waals surface area contributed by atoms with E-state index >= 15 is 0 Å². The molecule has 0 saturated heterocycles. The van der Waals surface area contributed by atoms with Gasteiger partial charge in [0.05, 0.1) is 12.7 Å². The third-order valence-corrected chi connectivity index (χ3v) is 4.18. The number of para-hydroxylation sites is 1. The number of fused-ring (bicyclic) bond motifs is 1. The van der Waals surface area contributed by atoms with Crippen molar-refractivity contribution in [3.63, 3.8) is 0 Å². The summed E-state index contributed by atoms with van der Waals surface area (Å²) in [6.45, 7) is 1.79. The first-order valence-corrected chi connectivity index (χ1v) is 6.86. The molecule has 1 aromatic carbocycles. The van der Waals surface area contributed by atoms with Gasteiger partial charge in [-0.15, -0.1) is 0 Å². The van der Waals surface area contributed by atoms with Crippen LogP contribution in [-0.2, 0) is 4.74 Å². The largest absolute Gasteiger partial charge is 0.493 e. The van der Waals surface area contributed by atoms with Crippen LogP contribution < -0.4 is 10.1 Å². The van der Waals surface area contributed by atoms with E-state index in [1.54, 1.807) is 0 Å². The molecule has 0 aromatic heterocycles. The summed E-state index contributed by atoms with van der Waals surface area (Å²) in [7, 11) is 1.82. The van der Waals surface area contributed by atoms with Crippen molar-refractivity contribution in [2.24, 2.45) is 0 Å². The summed E-state index contributed by atoms with van der Waals surface area (Å²) in [6, 6.07) is 8.88. The number of nitrogens with one attached hydrogen (secondary N) is 1. The quantitative estimate of drug-likeness (QED) is 0.885. The van der Waals surface area contributed by atoms with Crippen LogP contribution >= 0.6 is 0 Å². The summed E-state index contributed by atoms with van der Waals surface area (Å²) in [5.41, 5.74) is 1.34. The van der Waals surface area contributed by atoms with E-state index in [2.05, 4.69) is 23.5 Å². The lowest BCUT2D eigenvalue weighted by Gasteiger charge is -2.21. The second kappa shape index (κ2) is 5.29. The monoisotopic (exact) mass is 247 g/mol. The Morgan fingerprint density at radius 2 is 2.22 bits per heavy atom. The van der Waals surface area contributed by atoms with E-state index in [9.17, 15) is 0 Å². The summed E-state index contributed by atoms with van der Waals surface area (Å²) in [5.74, 6) is 1.54. The molecule has 1 fully saturated rings. The van der Waals surface area contributed by atoms with Gasteiger partial charge in [-0.1, -0.05) is 18.2 Å². The van der Waals surface area contributed by atoms with E-state index in [1.165, 1.54) is 24.8 Å². The third-order valence-electron chi connectivity index (χ3n) is 4.18. The minimum absolute atomic E-state index is 0.391. The van der Waals surface area contributed by atoms with Crippen LogP contribution in [0, 0.1) is 0 Å². The summed E-state index contributed by atoms with van der Waals surface area (Å²) in [4.78, 5) is 0. The predicted octanol–water partition coefficient (Wildman–Crippen LogP) is 2.32. The molecular formula is C15H21NO2. The van der Waals surface area contributed by atoms with Crippen LogP contribution in [0.4, 0.5) is 0 Å². The fraction of sp³-hybridized carbons (Fsp3) is 0.600. The molecule has 3 nitrogen and oxygen atoms in total. The summed E-state index contributed by atoms with van der Waals surface area (Å²) in [5, 5.41) is 3.66. The number of hydrogen-bond acceptors (Lipinski definition) is 3. The highest BCUT2D eigenvalue weighted by Gasteiger charge is 2.29. The SMILES string of the molecule is COC1CCCC1NCC1COc2ccccc21. The highest BCUT2D eigenvalue weighted by atomic mass is 16.5. The molecule has 3 unspecified atom stereocenters. The third kappa shape index (κ3) is 2.25. The van der Waals surface area contributed by atoms with Gasteiger partial charge >= 0.3 is 0 Å². The molecule has 18 heavy (non-hydrogen) atoms. The molecule has 1 aliphatic heterocycles. The van der Waals surface area contributed by atoms with Gasteiger partial charge in [-0.05, 0) is 25.3 Å². The van der Waals surface area contributed by atoms with Crippen LogP contribution in [0.25, 0.3) is 0 Å². The van der Waals surface area contributed by atoms with Gasteiger partial charge in [-0.3, -0.25) is 0 Å². The van der Waals surface area contributed by atoms with Crippen LogP contribution in [0.2, 0.25) is 0 Å². The predicted molar refractivity (Wildman–Crippen MR) is 71.1 cm³/mol. The van der Waals surface area contributed by atoms with Gasteiger partial charge in [-0.2, -0.15) is 0 Å². The maximum atomic E-state index is 5.71. The van der Waals surface area contributed by atoms with Crippen molar-refractivity contribution < 1.29 is 9.47 Å². The maximum Gasteiger partial charge on any atom is 0.122 e. The van der Waals surface area contributed by atoms with E-state index in [4.69, 9.17) is 9.47 Å². The van der Waals surface area contributed by atoms with Crippen LogP contribution in [0.15, 0.2) is 24.3 Å². The lowest BCUT2D eigenvalue weighted by molar-refractivity contribution is 0.0845. The van der Waals surface area contributed by atoms with Crippen molar-refractivity contribution in [1.29, 1.82) is 0 Å². The molecule has 0 spiro atoms. The molecule has 0 radical (unpaired) electrons. The molecule has 2 aliphatic rings. The molecule has 1 heterocycles. The Morgan fingerprint density at radius 1 is 1.33 bits per heavy atom. The van der Waals surface area contributed by atoms with Crippen molar-refractivity contribution >= 4 is 0 Å². The van der Waals surface area contributed by atoms with Gasteiger partial charge < -0.3 is 14.8 Å². The van der Waals surface area contributed by atoms with Gasteiger partial charge in [0, 0.05) is 31.2 Å². The topological polar surface area (TPSA) is 30.5 Å². The molecule has 0 bridgehead atoms. The average molecular weight is 247 g/mol. The lowest BCUT2D eigenvalue weighted by Crippen LogP contribution is -2.39. The van der Waals surface area contributed by atoms with Gasteiger partial charge in [0.15, 0.2) is 0 Å². The van der Waals surface area contributed by atoms with Crippen LogP contribution in [0.1, 0.15) is 30.7 Å². The molecule has 3 rings (SSSR count). The molecule has 98 valence electrons. The standard InChI is InChI=1S/C15H21NO2/c1-17-15-8-4-6-13(15)16-9-11-10-18-14-7-3-2-5-12(11)14/h2-3,5,7,11,13,15-16H,4,6,8-10H2,1H3. The lowest BCUT2D eigenvalue weighted by atomic mass is 10.0. The Kier molecular flexibility index (Phi) is 3.52. The molecule has 1 saturated carbocycles. The van der Waals surface area contributed by atoms with Crippen molar-refractivity contribution in [2.75, 3.05) is 20.3 Å². The normalized spacial score (nSPS) is 30.2. The number of rotatable bonds is 4. The van der Waals surface area contributed by atoms with Crippen LogP contribution in [-0.4, -0.2) is 32.4 Å². The number of hydrogen-bond donors (Lipinski definition) is 1. The summed E-state index contributed by atoms with van der Waals surface area (Å²) >= 11 is 0. The maximum absolute atomic E-state index is 5.71. The Hall–Kier alpha value is -1.06. The molecule has 1 N–H and O–H groups in total. The highest BCUT2D eigenvalue weighted by molar-refractivity contribution is 5.39. The highest BCUT2D eigenvalue weighted by Crippen LogP contribution is 2.33. The fourth-order valence-corrected chi connectivity index (χ4v) is 3.13. The van der Waals surface area contributed by atoms with Gasteiger partial charge in [0.1, 0.15) is 5.75 Å². The fourth-order valence-electron chi connectivity index (χ4n) is 3.13. The Balaban J connectivity index is 1.58. The first-order chi connectivity index (χ1) is 8.88. The molecule has 1 aliphatic carbocycles. The van der Waals surface area contributed by atoms with Crippen LogP contribution in [0.5, 0.6) is 5.75 Å². The summed E-state index contributed by atoms with van der Waals surface area (Å²) < 4.78 is 11.2. The average Bonchev–Trinajstić information content (AvgIpc) is 3.02. The zero-order valence-corrected chi connectivity index (χ0v) is 10.9. The van der Waals surface area contributed by atoms with Gasteiger partial charge in [0.25, 0.3) is 0 Å². The minimum atomic E-state index is 0.391. The molecule has 1 aromatic rings. The van der Waals surface area contributed by atoms with E-state index in [-0.39, 0.29) is 0 Å². The van der Waals surface area contributed by atoms with E-state index in [0.29, 0.717) is 18.1 Å². The molecule has 3 heteroatoms. The zero-order chi connectivity index (χ0) is 12.4. The Bertz CT molecular complexity index is 407. The summed E-state index contributed by atoms with van der Waals surface area (Å²) in [6.07, 6.45) is 4.08. The molecule has 0 amide bonds. The number of benzene rings is 1. The van der Waals surface area contributed by atoms with Crippen molar-refractivity contribution in [2.45, 2.75) is 37.3 Å². The van der Waals surface area contributed by atoms with Crippen molar-refractivity contribution in [3.8, 4) is 5.75 Å². The van der Waals surface area contributed by atoms with E-state index < -0.39 is 0 Å². The first-order valence-electron chi connectivity index (χ1n) is 6.86. The molecule has 3 atom stereocenters. The van der Waals surface area contributed by atoms with E-state index in [0.717, 1.165) is 18.9 Å². The van der Waals surface area contributed by atoms with Crippen molar-refractivity contribution in [3.05, 3.63) is 29.8 Å². The Morgan fingerprint density at radius 3 is 3.11 bits per heavy atom. The smallest absolute Gasteiger partial charge is 0.122 e. The second-order valence-corrected chi connectivity index (χ2v) is 5.27. The number of methoxy groups -OCH3 is 1. The zero-order valence-electron chi connectivity index (χ0n) is 10.9. The van der Waals surface area contributed by atoms with Crippen LogP contribution in [0.3, 0.4) is 0 Å². The van der Waals surface area contributed by atoms with Gasteiger partial charge in [0.2, 0.25) is 0 Å². The Labute approximate surface area is 108 Å². The minimum Gasteiger partial charge on any atom is -0.493 e. The second-order valence-electron chi connectivity index (χ2n) is 5.27. The molecular weight excluding hydrogens is 226 g/mol. The number of ether oxygens (including phenoxy) is 2.